The van der Waals surface area contributed by atoms with Gasteiger partial charge in [0.1, 0.15) is 11.4 Å². The van der Waals surface area contributed by atoms with Crippen LogP contribution >= 0.6 is 0 Å². The Bertz CT molecular complexity index is 627. The van der Waals surface area contributed by atoms with E-state index in [4.69, 9.17) is 0 Å². The topological polar surface area (TPSA) is 54.3 Å². The van der Waals surface area contributed by atoms with Gasteiger partial charge in [-0.05, 0) is 55.7 Å². The molecule has 0 radical (unpaired) electrons. The average molecular weight is 256 g/mol. The number of rotatable bonds is 3. The van der Waals surface area contributed by atoms with Crippen molar-refractivity contribution < 1.29 is 9.90 Å². The molecule has 1 saturated carbocycles. The van der Waals surface area contributed by atoms with Crippen molar-refractivity contribution in [2.75, 3.05) is 5.32 Å². The molecule has 1 fully saturated rings. The Balaban J connectivity index is 1.80. The molecular formula is C15H16N2O2. The van der Waals surface area contributed by atoms with Gasteiger partial charge in [0.15, 0.2) is 0 Å². The number of carbonyl (C=O) groups excluding carboxylic acids is 1. The van der Waals surface area contributed by atoms with Crippen molar-refractivity contribution >= 4 is 11.6 Å². The molecule has 2 N–H and O–H groups in total. The third-order valence-electron chi connectivity index (χ3n) is 3.41. The van der Waals surface area contributed by atoms with Crippen LogP contribution < -0.4 is 5.32 Å². The highest BCUT2D eigenvalue weighted by Crippen LogP contribution is 2.36. The Morgan fingerprint density at radius 1 is 1.37 bits per heavy atom. The Morgan fingerprint density at radius 2 is 2.16 bits per heavy atom. The first kappa shape index (κ1) is 11.8. The summed E-state index contributed by atoms with van der Waals surface area (Å²) in [6, 6.07) is 9.26. The second-order valence-corrected chi connectivity index (χ2v) is 4.99. The summed E-state index contributed by atoms with van der Waals surface area (Å²) >= 11 is 0. The molecule has 1 heterocycles. The highest BCUT2D eigenvalue weighted by molar-refractivity contribution is 6.03. The molecule has 4 heteroatoms. The van der Waals surface area contributed by atoms with E-state index in [0.29, 0.717) is 17.4 Å². The first-order valence-electron chi connectivity index (χ1n) is 6.43. The fraction of sp³-hybridized carbons (Fsp3) is 0.267. The molecule has 1 aromatic carbocycles. The van der Waals surface area contributed by atoms with Crippen molar-refractivity contribution in [3.05, 3.63) is 47.8 Å². The number of nitrogens with one attached hydrogen (secondary N) is 1. The molecular weight excluding hydrogens is 240 g/mol. The van der Waals surface area contributed by atoms with Gasteiger partial charge in [0.25, 0.3) is 5.91 Å². The van der Waals surface area contributed by atoms with Crippen LogP contribution in [0.15, 0.2) is 36.5 Å². The first-order chi connectivity index (χ1) is 9.15. The van der Waals surface area contributed by atoms with Crippen molar-refractivity contribution in [3.63, 3.8) is 0 Å². The number of phenolic OH excluding ortho intramolecular Hbond substituents is 1. The monoisotopic (exact) mass is 256 g/mol. The predicted molar refractivity (Wildman–Crippen MR) is 73.5 cm³/mol. The fourth-order valence-corrected chi connectivity index (χ4v) is 2.19. The number of aromatic nitrogens is 1. The molecule has 0 aliphatic heterocycles. The largest absolute Gasteiger partial charge is 0.508 e. The first-order valence-corrected chi connectivity index (χ1v) is 6.43. The van der Waals surface area contributed by atoms with Crippen LogP contribution in [0.1, 0.15) is 34.9 Å². The Labute approximate surface area is 111 Å². The fourth-order valence-electron chi connectivity index (χ4n) is 2.19. The lowest BCUT2D eigenvalue weighted by atomic mass is 10.2. The number of anilines is 1. The van der Waals surface area contributed by atoms with E-state index in [9.17, 15) is 9.90 Å². The van der Waals surface area contributed by atoms with E-state index in [1.165, 1.54) is 0 Å². The van der Waals surface area contributed by atoms with E-state index >= 15 is 0 Å². The Morgan fingerprint density at radius 3 is 2.84 bits per heavy atom. The molecule has 2 aromatic rings. The molecule has 1 aliphatic rings. The predicted octanol–water partition coefficient (Wildman–Crippen LogP) is 3.09. The summed E-state index contributed by atoms with van der Waals surface area (Å²) in [7, 11) is 0. The summed E-state index contributed by atoms with van der Waals surface area (Å²) in [5.41, 5.74) is 2.13. The highest BCUT2D eigenvalue weighted by atomic mass is 16.3. The minimum atomic E-state index is -0.109. The number of benzene rings is 1. The zero-order valence-electron chi connectivity index (χ0n) is 10.8. The molecule has 0 unspecified atom stereocenters. The van der Waals surface area contributed by atoms with Crippen molar-refractivity contribution in [3.8, 4) is 5.75 Å². The zero-order chi connectivity index (χ0) is 13.4. The quantitative estimate of drug-likeness (QED) is 0.829. The summed E-state index contributed by atoms with van der Waals surface area (Å²) in [5, 5.41) is 12.3. The van der Waals surface area contributed by atoms with Gasteiger partial charge >= 0.3 is 0 Å². The zero-order valence-corrected chi connectivity index (χ0v) is 10.8. The lowest BCUT2D eigenvalue weighted by Crippen LogP contribution is -2.16. The van der Waals surface area contributed by atoms with Gasteiger partial charge in [-0.1, -0.05) is 0 Å². The number of amides is 1. The van der Waals surface area contributed by atoms with Gasteiger partial charge in [0.2, 0.25) is 0 Å². The Kier molecular flexibility index (Phi) is 2.78. The second-order valence-electron chi connectivity index (χ2n) is 4.99. The SMILES string of the molecule is Cc1cc(NC(=O)c2cccn2C2CC2)ccc1O. The van der Waals surface area contributed by atoms with Crippen LogP contribution in [0.25, 0.3) is 0 Å². The minimum Gasteiger partial charge on any atom is -0.508 e. The van der Waals surface area contributed by atoms with Gasteiger partial charge < -0.3 is 15.0 Å². The second kappa shape index (κ2) is 4.46. The van der Waals surface area contributed by atoms with Crippen molar-refractivity contribution in [1.29, 1.82) is 0 Å². The molecule has 0 spiro atoms. The van der Waals surface area contributed by atoms with Crippen molar-refractivity contribution in [2.24, 2.45) is 0 Å². The van der Waals surface area contributed by atoms with Gasteiger partial charge in [-0.3, -0.25) is 4.79 Å². The number of nitrogens with zero attached hydrogens (tertiary/aromatic N) is 1. The number of hydrogen-bond donors (Lipinski definition) is 2. The van der Waals surface area contributed by atoms with Gasteiger partial charge in [-0.2, -0.15) is 0 Å². The van der Waals surface area contributed by atoms with Crippen LogP contribution in [0, 0.1) is 6.92 Å². The van der Waals surface area contributed by atoms with E-state index in [-0.39, 0.29) is 11.7 Å². The lowest BCUT2D eigenvalue weighted by molar-refractivity contribution is 0.101. The van der Waals surface area contributed by atoms with Gasteiger partial charge in [-0.25, -0.2) is 0 Å². The standard InChI is InChI=1S/C15H16N2O2/c1-10-9-11(4-7-14(10)18)16-15(19)13-3-2-8-17(13)12-5-6-12/h2-4,7-9,12,18H,5-6H2,1H3,(H,16,19). The molecule has 0 saturated heterocycles. The van der Waals surface area contributed by atoms with Gasteiger partial charge in [0, 0.05) is 17.9 Å². The van der Waals surface area contributed by atoms with Gasteiger partial charge in [-0.15, -0.1) is 0 Å². The maximum atomic E-state index is 12.2. The maximum Gasteiger partial charge on any atom is 0.272 e. The number of aromatic hydroxyl groups is 1. The van der Waals surface area contributed by atoms with E-state index < -0.39 is 0 Å². The van der Waals surface area contributed by atoms with Crippen LogP contribution in [0.2, 0.25) is 0 Å². The van der Waals surface area contributed by atoms with Crippen LogP contribution in [-0.2, 0) is 0 Å². The van der Waals surface area contributed by atoms with E-state index in [0.717, 1.165) is 18.4 Å². The number of carbonyl (C=O) groups is 1. The smallest absolute Gasteiger partial charge is 0.272 e. The maximum absolute atomic E-state index is 12.2. The Hall–Kier alpha value is -2.23. The summed E-state index contributed by atoms with van der Waals surface area (Å²) < 4.78 is 2.03. The third-order valence-corrected chi connectivity index (χ3v) is 3.41. The van der Waals surface area contributed by atoms with Crippen LogP contribution in [0.5, 0.6) is 5.75 Å². The summed E-state index contributed by atoms with van der Waals surface area (Å²) in [6.45, 7) is 1.80. The molecule has 1 aromatic heterocycles. The minimum absolute atomic E-state index is 0.109. The summed E-state index contributed by atoms with van der Waals surface area (Å²) in [4.78, 5) is 12.2. The highest BCUT2D eigenvalue weighted by Gasteiger charge is 2.26. The van der Waals surface area contributed by atoms with Crippen molar-refractivity contribution in [1.82, 2.24) is 4.57 Å². The van der Waals surface area contributed by atoms with Crippen molar-refractivity contribution in [2.45, 2.75) is 25.8 Å². The number of phenols is 1. The summed E-state index contributed by atoms with van der Waals surface area (Å²) in [6.07, 6.45) is 4.25. The molecule has 3 rings (SSSR count). The normalized spacial score (nSPS) is 14.4. The van der Waals surface area contributed by atoms with E-state index in [1.807, 2.05) is 22.9 Å². The van der Waals surface area contributed by atoms with E-state index in [2.05, 4.69) is 5.32 Å². The molecule has 98 valence electrons. The van der Waals surface area contributed by atoms with E-state index in [1.54, 1.807) is 25.1 Å². The molecule has 0 atom stereocenters. The lowest BCUT2D eigenvalue weighted by Gasteiger charge is -2.09. The third kappa shape index (κ3) is 2.34. The average Bonchev–Trinajstić information content (AvgIpc) is 3.11. The van der Waals surface area contributed by atoms with Gasteiger partial charge in [0.05, 0.1) is 0 Å². The number of aryl methyl sites for hydroxylation is 1. The molecule has 19 heavy (non-hydrogen) atoms. The van der Waals surface area contributed by atoms with Crippen LogP contribution in [0.4, 0.5) is 5.69 Å². The molecule has 1 aliphatic carbocycles. The molecule has 0 bridgehead atoms. The van der Waals surface area contributed by atoms with Crippen LogP contribution in [0.3, 0.4) is 0 Å². The van der Waals surface area contributed by atoms with Crippen LogP contribution in [-0.4, -0.2) is 15.6 Å². The molecule has 1 amide bonds. The molecule has 4 nitrogen and oxygen atoms in total. The summed E-state index contributed by atoms with van der Waals surface area (Å²) in [5.74, 6) is 0.126. The number of hydrogen-bond acceptors (Lipinski definition) is 2.